The van der Waals surface area contributed by atoms with E-state index in [0.717, 1.165) is 12.0 Å². The van der Waals surface area contributed by atoms with Crippen LogP contribution < -0.4 is 16.4 Å². The van der Waals surface area contributed by atoms with Crippen molar-refractivity contribution in [1.29, 1.82) is 0 Å². The average Bonchev–Trinajstić information content (AvgIpc) is 2.44. The van der Waals surface area contributed by atoms with E-state index in [1.807, 2.05) is 34.6 Å². The molecule has 1 rings (SSSR count). The molecular weight excluding hydrogens is 278 g/mol. The third-order valence-corrected chi connectivity index (χ3v) is 3.72. The van der Waals surface area contributed by atoms with Gasteiger partial charge in [0, 0.05) is 17.3 Å². The number of aryl methyl sites for hydroxylation is 1. The summed E-state index contributed by atoms with van der Waals surface area (Å²) in [5, 5.41) is 5.66. The Bertz CT molecular complexity index is 541. The number of hydrogen-bond donors (Lipinski definition) is 3. The van der Waals surface area contributed by atoms with Gasteiger partial charge in [-0.2, -0.15) is 0 Å². The van der Waals surface area contributed by atoms with Gasteiger partial charge in [-0.15, -0.1) is 0 Å². The van der Waals surface area contributed by atoms with E-state index < -0.39 is 6.04 Å². The fraction of sp³-hybridized carbons (Fsp3) is 0.529. The summed E-state index contributed by atoms with van der Waals surface area (Å²) in [7, 11) is 0. The number of anilines is 1. The van der Waals surface area contributed by atoms with Crippen LogP contribution in [0.3, 0.4) is 0 Å². The van der Waals surface area contributed by atoms with Crippen LogP contribution in [0.2, 0.25) is 0 Å². The molecule has 0 aliphatic carbocycles. The number of benzene rings is 1. The first-order chi connectivity index (χ1) is 10.3. The Hall–Kier alpha value is -1.88. The van der Waals surface area contributed by atoms with E-state index in [2.05, 4.69) is 10.6 Å². The van der Waals surface area contributed by atoms with Crippen molar-refractivity contribution in [1.82, 2.24) is 5.32 Å². The second-order valence-electron chi connectivity index (χ2n) is 6.06. The van der Waals surface area contributed by atoms with Crippen LogP contribution in [0.5, 0.6) is 0 Å². The van der Waals surface area contributed by atoms with Gasteiger partial charge in [0.2, 0.25) is 5.91 Å². The SMILES string of the molecule is CCC(C)C(N)C(=O)Nc1ccc(C(=O)NC(C)C)c(C)c1. The first kappa shape index (κ1) is 18.2. The lowest BCUT2D eigenvalue weighted by molar-refractivity contribution is -0.118. The van der Waals surface area contributed by atoms with Gasteiger partial charge in [-0.1, -0.05) is 20.3 Å². The summed E-state index contributed by atoms with van der Waals surface area (Å²) in [5.41, 5.74) is 7.99. The van der Waals surface area contributed by atoms with Gasteiger partial charge in [-0.25, -0.2) is 0 Å². The number of carbonyl (C=O) groups excluding carboxylic acids is 2. The quantitative estimate of drug-likeness (QED) is 0.754. The first-order valence-electron chi connectivity index (χ1n) is 7.74. The summed E-state index contributed by atoms with van der Waals surface area (Å²) < 4.78 is 0. The number of nitrogens with one attached hydrogen (secondary N) is 2. The highest BCUT2D eigenvalue weighted by Gasteiger charge is 2.19. The molecule has 1 aromatic carbocycles. The third kappa shape index (κ3) is 4.84. The zero-order valence-corrected chi connectivity index (χ0v) is 14.1. The predicted molar refractivity (Wildman–Crippen MR) is 89.8 cm³/mol. The van der Waals surface area contributed by atoms with Crippen LogP contribution >= 0.6 is 0 Å². The molecule has 0 fully saturated rings. The number of nitrogens with two attached hydrogens (primary N) is 1. The highest BCUT2D eigenvalue weighted by atomic mass is 16.2. The van der Waals surface area contributed by atoms with Crippen molar-refractivity contribution in [3.8, 4) is 0 Å². The number of hydrogen-bond acceptors (Lipinski definition) is 3. The number of rotatable bonds is 6. The molecule has 122 valence electrons. The summed E-state index contributed by atoms with van der Waals surface area (Å²) in [6.45, 7) is 9.63. The van der Waals surface area contributed by atoms with Crippen LogP contribution in [0.1, 0.15) is 50.0 Å². The molecule has 0 saturated heterocycles. The zero-order chi connectivity index (χ0) is 16.9. The van der Waals surface area contributed by atoms with Crippen LogP contribution in [0.25, 0.3) is 0 Å². The van der Waals surface area contributed by atoms with Gasteiger partial charge in [-0.3, -0.25) is 9.59 Å². The van der Waals surface area contributed by atoms with Crippen molar-refractivity contribution in [2.75, 3.05) is 5.32 Å². The largest absolute Gasteiger partial charge is 0.350 e. The van der Waals surface area contributed by atoms with Gasteiger partial charge in [0.25, 0.3) is 5.91 Å². The van der Waals surface area contributed by atoms with Gasteiger partial charge in [0.15, 0.2) is 0 Å². The molecule has 5 nitrogen and oxygen atoms in total. The molecule has 2 atom stereocenters. The summed E-state index contributed by atoms with van der Waals surface area (Å²) in [4.78, 5) is 24.1. The highest BCUT2D eigenvalue weighted by molar-refractivity contribution is 5.98. The van der Waals surface area contributed by atoms with Gasteiger partial charge < -0.3 is 16.4 Å². The van der Waals surface area contributed by atoms with E-state index in [4.69, 9.17) is 5.73 Å². The van der Waals surface area contributed by atoms with Crippen molar-refractivity contribution in [3.63, 3.8) is 0 Å². The molecule has 0 aliphatic rings. The molecular formula is C17H27N3O2. The van der Waals surface area contributed by atoms with Crippen molar-refractivity contribution < 1.29 is 9.59 Å². The fourth-order valence-electron chi connectivity index (χ4n) is 2.07. The zero-order valence-electron chi connectivity index (χ0n) is 14.1. The Kier molecular flexibility index (Phi) is 6.56. The summed E-state index contributed by atoms with van der Waals surface area (Å²) >= 11 is 0. The molecule has 4 N–H and O–H groups in total. The molecule has 0 saturated carbocycles. The minimum Gasteiger partial charge on any atom is -0.350 e. The average molecular weight is 305 g/mol. The van der Waals surface area contributed by atoms with Crippen molar-refractivity contribution in [2.45, 2.75) is 53.1 Å². The Labute approximate surface area is 132 Å². The van der Waals surface area contributed by atoms with E-state index in [0.29, 0.717) is 11.3 Å². The van der Waals surface area contributed by atoms with Crippen LogP contribution in [0, 0.1) is 12.8 Å². The Morgan fingerprint density at radius 2 is 1.86 bits per heavy atom. The second-order valence-corrected chi connectivity index (χ2v) is 6.06. The standard InChI is InChI=1S/C17H27N3O2/c1-6-11(4)15(18)17(22)20-13-7-8-14(12(5)9-13)16(21)19-10(2)3/h7-11,15H,6,18H2,1-5H3,(H,19,21)(H,20,22). The second kappa shape index (κ2) is 7.94. The van der Waals surface area contributed by atoms with E-state index >= 15 is 0 Å². The van der Waals surface area contributed by atoms with E-state index in [-0.39, 0.29) is 23.8 Å². The van der Waals surface area contributed by atoms with Crippen molar-refractivity contribution >= 4 is 17.5 Å². The molecule has 1 aromatic rings. The minimum absolute atomic E-state index is 0.0832. The lowest BCUT2D eigenvalue weighted by atomic mass is 9.99. The number of carbonyl (C=O) groups is 2. The molecule has 0 heterocycles. The van der Waals surface area contributed by atoms with Crippen LogP contribution in [0.15, 0.2) is 18.2 Å². The lowest BCUT2D eigenvalue weighted by Gasteiger charge is -2.18. The van der Waals surface area contributed by atoms with Crippen molar-refractivity contribution in [2.24, 2.45) is 11.7 Å². The van der Waals surface area contributed by atoms with Crippen LogP contribution in [0.4, 0.5) is 5.69 Å². The molecule has 0 radical (unpaired) electrons. The molecule has 0 bridgehead atoms. The van der Waals surface area contributed by atoms with Crippen LogP contribution in [-0.2, 0) is 4.79 Å². The van der Waals surface area contributed by atoms with Crippen molar-refractivity contribution in [3.05, 3.63) is 29.3 Å². The number of amides is 2. The van der Waals surface area contributed by atoms with Gasteiger partial charge in [-0.05, 0) is 50.5 Å². The van der Waals surface area contributed by atoms with E-state index in [9.17, 15) is 9.59 Å². The van der Waals surface area contributed by atoms with Gasteiger partial charge in [0.05, 0.1) is 6.04 Å². The maximum absolute atomic E-state index is 12.1. The topological polar surface area (TPSA) is 84.2 Å². The molecule has 2 amide bonds. The molecule has 0 spiro atoms. The summed E-state index contributed by atoms with van der Waals surface area (Å²) in [6.07, 6.45) is 0.849. The van der Waals surface area contributed by atoms with E-state index in [1.54, 1.807) is 18.2 Å². The maximum Gasteiger partial charge on any atom is 0.251 e. The normalized spacial score (nSPS) is 13.6. The third-order valence-electron chi connectivity index (χ3n) is 3.72. The Balaban J connectivity index is 2.81. The molecule has 2 unspecified atom stereocenters. The lowest BCUT2D eigenvalue weighted by Crippen LogP contribution is -2.40. The highest BCUT2D eigenvalue weighted by Crippen LogP contribution is 2.16. The minimum atomic E-state index is -0.533. The molecule has 0 aliphatic heterocycles. The summed E-state index contributed by atoms with van der Waals surface area (Å²) in [6, 6.07) is 4.78. The van der Waals surface area contributed by atoms with Crippen LogP contribution in [-0.4, -0.2) is 23.9 Å². The monoisotopic (exact) mass is 305 g/mol. The smallest absolute Gasteiger partial charge is 0.251 e. The summed E-state index contributed by atoms with van der Waals surface area (Å²) in [5.74, 6) is -0.188. The Morgan fingerprint density at radius 3 is 2.36 bits per heavy atom. The predicted octanol–water partition coefficient (Wildman–Crippen LogP) is 2.45. The molecule has 0 aromatic heterocycles. The Morgan fingerprint density at radius 1 is 1.23 bits per heavy atom. The molecule has 5 heteroatoms. The molecule has 22 heavy (non-hydrogen) atoms. The fourth-order valence-corrected chi connectivity index (χ4v) is 2.07. The van der Waals surface area contributed by atoms with Gasteiger partial charge in [0.1, 0.15) is 0 Å². The van der Waals surface area contributed by atoms with Gasteiger partial charge >= 0.3 is 0 Å². The van der Waals surface area contributed by atoms with E-state index in [1.165, 1.54) is 0 Å². The first-order valence-corrected chi connectivity index (χ1v) is 7.74. The maximum atomic E-state index is 12.1.